The summed E-state index contributed by atoms with van der Waals surface area (Å²) in [4.78, 5) is 11.2. The lowest BCUT2D eigenvalue weighted by molar-refractivity contribution is -0.191. The van der Waals surface area contributed by atoms with Gasteiger partial charge in [-0.25, -0.2) is 0 Å². The Bertz CT molecular complexity index is 182. The number of unbranched alkanes of at least 4 members (excludes halogenated alkanes) is 2. The molecule has 0 aliphatic carbocycles. The predicted molar refractivity (Wildman–Crippen MR) is 66.8 cm³/mol. The van der Waals surface area contributed by atoms with Crippen molar-refractivity contribution in [2.24, 2.45) is 0 Å². The lowest BCUT2D eigenvalue weighted by Gasteiger charge is -2.18. The minimum Gasteiger partial charge on any atom is -0.433 e. The standard InChI is InChI=1S/C13H26O4/c1-4-7-9-15-11-13(16-10-8-5-2)17-12(14)6-3/h13H,4-11H2,1-3H3. The van der Waals surface area contributed by atoms with Gasteiger partial charge >= 0.3 is 5.97 Å². The normalized spacial score (nSPS) is 12.4. The summed E-state index contributed by atoms with van der Waals surface area (Å²) < 4.78 is 16.0. The molecule has 0 aromatic heterocycles. The summed E-state index contributed by atoms with van der Waals surface area (Å²) in [6.45, 7) is 7.59. The van der Waals surface area contributed by atoms with E-state index in [4.69, 9.17) is 14.2 Å². The van der Waals surface area contributed by atoms with Gasteiger partial charge in [0.15, 0.2) is 0 Å². The Morgan fingerprint density at radius 2 is 1.71 bits per heavy atom. The minimum atomic E-state index is -0.550. The van der Waals surface area contributed by atoms with Gasteiger partial charge in [-0.3, -0.25) is 4.79 Å². The van der Waals surface area contributed by atoms with E-state index in [1.165, 1.54) is 0 Å². The predicted octanol–water partition coefficient (Wildman–Crippen LogP) is 2.90. The van der Waals surface area contributed by atoms with E-state index in [-0.39, 0.29) is 5.97 Å². The van der Waals surface area contributed by atoms with Crippen molar-refractivity contribution in [3.8, 4) is 0 Å². The van der Waals surface area contributed by atoms with Crippen LogP contribution in [0.4, 0.5) is 0 Å². The molecule has 1 unspecified atom stereocenters. The van der Waals surface area contributed by atoms with Crippen molar-refractivity contribution < 1.29 is 19.0 Å². The molecule has 102 valence electrons. The second-order valence-electron chi connectivity index (χ2n) is 3.93. The van der Waals surface area contributed by atoms with Gasteiger partial charge in [0.05, 0.1) is 6.61 Å². The molecule has 0 aromatic rings. The number of carbonyl (C=O) groups excluding carboxylic acids is 1. The summed E-state index contributed by atoms with van der Waals surface area (Å²) in [6, 6.07) is 0. The first kappa shape index (κ1) is 16.4. The molecule has 1 atom stereocenters. The van der Waals surface area contributed by atoms with Gasteiger partial charge in [0, 0.05) is 13.0 Å². The molecular formula is C13H26O4. The van der Waals surface area contributed by atoms with Crippen molar-refractivity contribution in [1.82, 2.24) is 0 Å². The minimum absolute atomic E-state index is 0.245. The highest BCUT2D eigenvalue weighted by Crippen LogP contribution is 2.02. The molecule has 0 bridgehead atoms. The average Bonchev–Trinajstić information content (AvgIpc) is 2.34. The summed E-state index contributed by atoms with van der Waals surface area (Å²) in [5, 5.41) is 0. The number of ether oxygens (including phenoxy) is 3. The molecule has 4 heteroatoms. The van der Waals surface area contributed by atoms with Crippen LogP contribution in [0.1, 0.15) is 52.9 Å². The van der Waals surface area contributed by atoms with E-state index >= 15 is 0 Å². The van der Waals surface area contributed by atoms with Crippen LogP contribution >= 0.6 is 0 Å². The summed E-state index contributed by atoms with van der Waals surface area (Å²) >= 11 is 0. The molecule has 17 heavy (non-hydrogen) atoms. The highest BCUT2D eigenvalue weighted by molar-refractivity contribution is 5.68. The van der Waals surface area contributed by atoms with Gasteiger partial charge in [-0.1, -0.05) is 33.6 Å². The maximum Gasteiger partial charge on any atom is 0.307 e. The van der Waals surface area contributed by atoms with Crippen LogP contribution in [-0.2, 0) is 19.0 Å². The second kappa shape index (κ2) is 11.9. The van der Waals surface area contributed by atoms with Crippen molar-refractivity contribution in [1.29, 1.82) is 0 Å². The molecule has 0 spiro atoms. The Morgan fingerprint density at radius 1 is 1.06 bits per heavy atom. The highest BCUT2D eigenvalue weighted by atomic mass is 16.7. The molecule has 0 aromatic carbocycles. The van der Waals surface area contributed by atoms with Crippen LogP contribution in [0.2, 0.25) is 0 Å². The smallest absolute Gasteiger partial charge is 0.307 e. The van der Waals surface area contributed by atoms with Gasteiger partial charge in [-0.2, -0.15) is 0 Å². The summed E-state index contributed by atoms with van der Waals surface area (Å²) in [6.07, 6.45) is 3.95. The molecule has 4 nitrogen and oxygen atoms in total. The molecule has 0 fully saturated rings. The highest BCUT2D eigenvalue weighted by Gasteiger charge is 2.13. The first-order chi connectivity index (χ1) is 8.24. The van der Waals surface area contributed by atoms with Gasteiger partial charge in [-0.05, 0) is 12.8 Å². The van der Waals surface area contributed by atoms with Crippen molar-refractivity contribution in [2.75, 3.05) is 19.8 Å². The monoisotopic (exact) mass is 246 g/mol. The molecule has 0 radical (unpaired) electrons. The van der Waals surface area contributed by atoms with Gasteiger partial charge in [0.1, 0.15) is 6.61 Å². The summed E-state index contributed by atoms with van der Waals surface area (Å²) in [7, 11) is 0. The van der Waals surface area contributed by atoms with Crippen molar-refractivity contribution in [3.63, 3.8) is 0 Å². The van der Waals surface area contributed by atoms with Crippen molar-refractivity contribution in [2.45, 2.75) is 59.2 Å². The Kier molecular flexibility index (Phi) is 11.4. The Balaban J connectivity index is 3.79. The molecule has 0 aliphatic rings. The molecule has 0 saturated heterocycles. The fraction of sp³-hybridized carbons (Fsp3) is 0.923. The fourth-order valence-corrected chi connectivity index (χ4v) is 1.13. The van der Waals surface area contributed by atoms with E-state index in [0.29, 0.717) is 26.2 Å². The van der Waals surface area contributed by atoms with Crippen LogP contribution in [0.25, 0.3) is 0 Å². The van der Waals surface area contributed by atoms with Gasteiger partial charge in [0.25, 0.3) is 0 Å². The fourth-order valence-electron chi connectivity index (χ4n) is 1.13. The van der Waals surface area contributed by atoms with Crippen LogP contribution < -0.4 is 0 Å². The van der Waals surface area contributed by atoms with Crippen LogP contribution in [0.15, 0.2) is 0 Å². The molecule has 0 amide bonds. The molecule has 0 aliphatic heterocycles. The Hall–Kier alpha value is -0.610. The Morgan fingerprint density at radius 3 is 2.29 bits per heavy atom. The zero-order valence-corrected chi connectivity index (χ0v) is 11.4. The SMILES string of the molecule is CCCCOCC(OCCCC)OC(=O)CC. The van der Waals surface area contributed by atoms with Crippen molar-refractivity contribution >= 4 is 5.97 Å². The van der Waals surface area contributed by atoms with Crippen LogP contribution in [-0.4, -0.2) is 32.1 Å². The number of hydrogen-bond acceptors (Lipinski definition) is 4. The van der Waals surface area contributed by atoms with Crippen LogP contribution in [0.5, 0.6) is 0 Å². The lowest BCUT2D eigenvalue weighted by Crippen LogP contribution is -2.27. The van der Waals surface area contributed by atoms with Gasteiger partial charge in [-0.15, -0.1) is 0 Å². The van der Waals surface area contributed by atoms with E-state index in [2.05, 4.69) is 13.8 Å². The number of rotatable bonds is 11. The van der Waals surface area contributed by atoms with Gasteiger partial charge < -0.3 is 14.2 Å². The zero-order valence-electron chi connectivity index (χ0n) is 11.4. The van der Waals surface area contributed by atoms with E-state index < -0.39 is 6.29 Å². The summed E-state index contributed by atoms with van der Waals surface area (Å²) in [5.74, 6) is -0.245. The molecule has 0 heterocycles. The maximum absolute atomic E-state index is 11.2. The van der Waals surface area contributed by atoms with Crippen LogP contribution in [0.3, 0.4) is 0 Å². The third-order valence-corrected chi connectivity index (χ3v) is 2.25. The maximum atomic E-state index is 11.2. The first-order valence-electron chi connectivity index (χ1n) is 6.63. The first-order valence-corrected chi connectivity index (χ1v) is 6.63. The Labute approximate surface area is 105 Å². The zero-order chi connectivity index (χ0) is 12.9. The third kappa shape index (κ3) is 10.3. The van der Waals surface area contributed by atoms with Crippen molar-refractivity contribution in [3.05, 3.63) is 0 Å². The summed E-state index contributed by atoms with van der Waals surface area (Å²) in [5.41, 5.74) is 0. The average molecular weight is 246 g/mol. The van der Waals surface area contributed by atoms with Crippen LogP contribution in [0, 0.1) is 0 Å². The molecule has 0 saturated carbocycles. The topological polar surface area (TPSA) is 44.8 Å². The van der Waals surface area contributed by atoms with Gasteiger partial charge in [0.2, 0.25) is 6.29 Å². The number of esters is 1. The number of carbonyl (C=O) groups is 1. The third-order valence-electron chi connectivity index (χ3n) is 2.25. The molecule has 0 N–H and O–H groups in total. The van der Waals surface area contributed by atoms with E-state index in [1.54, 1.807) is 6.92 Å². The van der Waals surface area contributed by atoms with E-state index in [0.717, 1.165) is 25.7 Å². The quantitative estimate of drug-likeness (QED) is 0.319. The molecule has 0 rings (SSSR count). The largest absolute Gasteiger partial charge is 0.433 e. The van der Waals surface area contributed by atoms with E-state index in [1.807, 2.05) is 0 Å². The second-order valence-corrected chi connectivity index (χ2v) is 3.93. The lowest BCUT2D eigenvalue weighted by atomic mass is 10.4. The molecular weight excluding hydrogens is 220 g/mol. The number of hydrogen-bond donors (Lipinski definition) is 0. The van der Waals surface area contributed by atoms with E-state index in [9.17, 15) is 4.79 Å².